The van der Waals surface area contributed by atoms with E-state index in [2.05, 4.69) is 169 Å². The monoisotopic (exact) mass is 643 g/mol. The molecule has 230 valence electrons. The lowest BCUT2D eigenvalue weighted by Crippen LogP contribution is -2.09. The first kappa shape index (κ1) is 27.9. The second-order valence-electron chi connectivity index (χ2n) is 12.5. The molecule has 2 nitrogen and oxygen atoms in total. The molecule has 0 spiro atoms. The summed E-state index contributed by atoms with van der Waals surface area (Å²) in [6.07, 6.45) is 0. The minimum atomic E-state index is 0.892. The Morgan fingerprint density at radius 2 is 1.00 bits per heavy atom. The van der Waals surface area contributed by atoms with Crippen LogP contribution in [0.1, 0.15) is 0 Å². The van der Waals surface area contributed by atoms with Crippen molar-refractivity contribution in [3.8, 4) is 22.3 Å². The first-order chi connectivity index (χ1) is 24.3. The highest BCUT2D eigenvalue weighted by atomic mass is 32.1. The van der Waals surface area contributed by atoms with E-state index in [0.717, 1.165) is 39.0 Å². The van der Waals surface area contributed by atoms with Gasteiger partial charge in [0, 0.05) is 53.6 Å². The summed E-state index contributed by atoms with van der Waals surface area (Å²) in [7, 11) is 0. The van der Waals surface area contributed by atoms with Gasteiger partial charge in [-0.1, -0.05) is 115 Å². The standard InChI is InChI=1S/C46H29NOS/c1-2-10-30(11-3-1)31-18-22-34(23-19-31)47(36-26-27-43-41(29-36)38-14-6-8-16-42(38)48-43)35-24-20-32(21-25-35)40-28-33-12-4-5-13-37(33)45-39-15-7-9-17-44(39)49-46(40)45/h1-29H. The van der Waals surface area contributed by atoms with Crippen molar-refractivity contribution < 1.29 is 4.42 Å². The fourth-order valence-electron chi connectivity index (χ4n) is 7.31. The van der Waals surface area contributed by atoms with Gasteiger partial charge in [-0.05, 0) is 88.1 Å². The number of furan rings is 1. The number of nitrogens with zero attached hydrogens (tertiary/aromatic N) is 1. The fourth-order valence-corrected chi connectivity index (χ4v) is 8.57. The zero-order chi connectivity index (χ0) is 32.3. The molecule has 10 aromatic rings. The summed E-state index contributed by atoms with van der Waals surface area (Å²) in [4.78, 5) is 2.34. The van der Waals surface area contributed by atoms with Crippen LogP contribution in [0.3, 0.4) is 0 Å². The van der Waals surface area contributed by atoms with Crippen molar-refractivity contribution in [2.24, 2.45) is 0 Å². The van der Waals surface area contributed by atoms with Gasteiger partial charge < -0.3 is 9.32 Å². The Balaban J connectivity index is 1.13. The van der Waals surface area contributed by atoms with Crippen LogP contribution in [-0.4, -0.2) is 0 Å². The number of anilines is 3. The molecule has 0 aliphatic rings. The molecule has 0 aliphatic heterocycles. The molecule has 0 saturated carbocycles. The zero-order valence-corrected chi connectivity index (χ0v) is 27.3. The minimum Gasteiger partial charge on any atom is -0.456 e. The highest BCUT2D eigenvalue weighted by Gasteiger charge is 2.18. The number of thiophene rings is 1. The van der Waals surface area contributed by atoms with Crippen LogP contribution in [0.4, 0.5) is 17.1 Å². The number of para-hydroxylation sites is 1. The summed E-state index contributed by atoms with van der Waals surface area (Å²) in [5.74, 6) is 0. The summed E-state index contributed by atoms with van der Waals surface area (Å²) < 4.78 is 8.85. The second kappa shape index (κ2) is 11.2. The quantitative estimate of drug-likeness (QED) is 0.186. The normalized spacial score (nSPS) is 11.7. The molecule has 0 amide bonds. The molecule has 0 saturated heterocycles. The van der Waals surface area contributed by atoms with Crippen molar-refractivity contribution in [1.82, 2.24) is 0 Å². The van der Waals surface area contributed by atoms with Gasteiger partial charge in [-0.2, -0.15) is 0 Å². The second-order valence-corrected chi connectivity index (χ2v) is 13.6. The Morgan fingerprint density at radius 1 is 0.408 bits per heavy atom. The molecule has 0 aliphatic carbocycles. The van der Waals surface area contributed by atoms with Crippen LogP contribution in [0.25, 0.3) is 75.1 Å². The van der Waals surface area contributed by atoms with E-state index in [1.54, 1.807) is 0 Å². The van der Waals surface area contributed by atoms with Crippen molar-refractivity contribution in [3.05, 3.63) is 176 Å². The third kappa shape index (κ3) is 4.62. The summed E-state index contributed by atoms with van der Waals surface area (Å²) in [6, 6.07) is 63.2. The number of fused-ring (bicyclic) bond motifs is 8. The predicted octanol–water partition coefficient (Wildman–Crippen LogP) is 13.9. The molecule has 0 radical (unpaired) electrons. The molecule has 0 N–H and O–H groups in total. The lowest BCUT2D eigenvalue weighted by Gasteiger charge is -2.26. The molecule has 0 fully saturated rings. The van der Waals surface area contributed by atoms with E-state index >= 15 is 0 Å². The van der Waals surface area contributed by atoms with Gasteiger partial charge >= 0.3 is 0 Å². The van der Waals surface area contributed by atoms with Gasteiger partial charge in [0.1, 0.15) is 11.2 Å². The van der Waals surface area contributed by atoms with Crippen molar-refractivity contribution in [2.75, 3.05) is 4.90 Å². The van der Waals surface area contributed by atoms with Crippen LogP contribution in [0.5, 0.6) is 0 Å². The lowest BCUT2D eigenvalue weighted by molar-refractivity contribution is 0.669. The summed E-state index contributed by atoms with van der Waals surface area (Å²) in [5, 5.41) is 7.47. The molecule has 0 unspecified atom stereocenters. The van der Waals surface area contributed by atoms with Crippen molar-refractivity contribution in [2.45, 2.75) is 0 Å². The number of hydrogen-bond acceptors (Lipinski definition) is 3. The van der Waals surface area contributed by atoms with Crippen LogP contribution < -0.4 is 4.90 Å². The van der Waals surface area contributed by atoms with Gasteiger partial charge in [0.05, 0.1) is 0 Å². The van der Waals surface area contributed by atoms with Crippen LogP contribution in [-0.2, 0) is 0 Å². The summed E-state index contributed by atoms with van der Waals surface area (Å²) in [6.45, 7) is 0. The lowest BCUT2D eigenvalue weighted by atomic mass is 9.96. The topological polar surface area (TPSA) is 16.4 Å². The number of hydrogen-bond donors (Lipinski definition) is 0. The van der Waals surface area contributed by atoms with Gasteiger partial charge in [-0.15, -0.1) is 11.3 Å². The third-order valence-corrected chi connectivity index (χ3v) is 10.9. The molecule has 0 bridgehead atoms. The molecule has 8 aromatic carbocycles. The van der Waals surface area contributed by atoms with E-state index in [9.17, 15) is 0 Å². The maximum absolute atomic E-state index is 6.20. The number of benzene rings is 8. The molecule has 0 atom stereocenters. The Morgan fingerprint density at radius 3 is 1.80 bits per heavy atom. The van der Waals surface area contributed by atoms with E-state index < -0.39 is 0 Å². The van der Waals surface area contributed by atoms with E-state index in [0.29, 0.717) is 0 Å². The Labute approximate surface area is 287 Å². The third-order valence-electron chi connectivity index (χ3n) is 9.66. The van der Waals surface area contributed by atoms with Crippen LogP contribution in [0, 0.1) is 0 Å². The first-order valence-electron chi connectivity index (χ1n) is 16.6. The van der Waals surface area contributed by atoms with Crippen LogP contribution in [0.2, 0.25) is 0 Å². The van der Waals surface area contributed by atoms with E-state index in [1.165, 1.54) is 53.2 Å². The van der Waals surface area contributed by atoms with E-state index in [4.69, 9.17) is 4.42 Å². The highest BCUT2D eigenvalue weighted by molar-refractivity contribution is 7.26. The zero-order valence-electron chi connectivity index (χ0n) is 26.5. The van der Waals surface area contributed by atoms with Gasteiger partial charge in [-0.3, -0.25) is 0 Å². The summed E-state index contributed by atoms with van der Waals surface area (Å²) in [5.41, 5.74) is 9.95. The molecule has 2 aromatic heterocycles. The Bertz CT molecular complexity index is 2810. The predicted molar refractivity (Wildman–Crippen MR) is 210 cm³/mol. The van der Waals surface area contributed by atoms with Gasteiger partial charge in [0.15, 0.2) is 0 Å². The van der Waals surface area contributed by atoms with Gasteiger partial charge in [0.2, 0.25) is 0 Å². The SMILES string of the molecule is c1ccc(-c2ccc(N(c3ccc(-c4cc5ccccc5c5c4sc4ccccc45)cc3)c3ccc4oc5ccccc5c4c3)cc2)cc1. The minimum absolute atomic E-state index is 0.892. The van der Waals surface area contributed by atoms with Gasteiger partial charge in [0.25, 0.3) is 0 Å². The molecular formula is C46H29NOS. The largest absolute Gasteiger partial charge is 0.456 e. The molecule has 3 heteroatoms. The highest BCUT2D eigenvalue weighted by Crippen LogP contribution is 2.45. The Kier molecular flexibility index (Phi) is 6.39. The maximum atomic E-state index is 6.20. The van der Waals surface area contributed by atoms with Crippen molar-refractivity contribution in [1.29, 1.82) is 0 Å². The molecule has 10 rings (SSSR count). The number of rotatable bonds is 5. The van der Waals surface area contributed by atoms with Crippen LogP contribution in [0.15, 0.2) is 180 Å². The average Bonchev–Trinajstić information content (AvgIpc) is 3.75. The molecular weight excluding hydrogens is 615 g/mol. The summed E-state index contributed by atoms with van der Waals surface area (Å²) >= 11 is 1.89. The Hall–Kier alpha value is -6.16. The fraction of sp³-hybridized carbons (Fsp3) is 0. The maximum Gasteiger partial charge on any atom is 0.135 e. The van der Waals surface area contributed by atoms with Crippen molar-refractivity contribution >= 4 is 81.3 Å². The van der Waals surface area contributed by atoms with E-state index in [1.807, 2.05) is 23.5 Å². The molecule has 49 heavy (non-hydrogen) atoms. The molecule has 2 heterocycles. The first-order valence-corrected chi connectivity index (χ1v) is 17.4. The smallest absolute Gasteiger partial charge is 0.135 e. The van der Waals surface area contributed by atoms with Crippen LogP contribution >= 0.6 is 11.3 Å². The average molecular weight is 644 g/mol. The van der Waals surface area contributed by atoms with Gasteiger partial charge in [-0.25, -0.2) is 0 Å². The van der Waals surface area contributed by atoms with E-state index in [-0.39, 0.29) is 0 Å². The van der Waals surface area contributed by atoms with Crippen molar-refractivity contribution in [3.63, 3.8) is 0 Å².